The van der Waals surface area contributed by atoms with Crippen LogP contribution in [0, 0.1) is 11.3 Å². The molecule has 0 atom stereocenters. The van der Waals surface area contributed by atoms with Crippen molar-refractivity contribution in [3.8, 4) is 6.07 Å². The van der Waals surface area contributed by atoms with E-state index in [1.807, 2.05) is 36.4 Å². The summed E-state index contributed by atoms with van der Waals surface area (Å²) < 4.78 is 0. The third kappa shape index (κ3) is 8.27. The van der Waals surface area contributed by atoms with Crippen molar-refractivity contribution in [2.75, 3.05) is 0 Å². The van der Waals surface area contributed by atoms with Crippen molar-refractivity contribution in [2.45, 2.75) is 6.92 Å². The molecule has 0 saturated heterocycles. The van der Waals surface area contributed by atoms with Crippen molar-refractivity contribution in [1.29, 1.82) is 5.26 Å². The normalized spacial score (nSPS) is 9.33. The van der Waals surface area contributed by atoms with Gasteiger partial charge in [-0.15, -0.1) is 0 Å². The van der Waals surface area contributed by atoms with E-state index in [2.05, 4.69) is 24.8 Å². The number of rotatable bonds is 3. The van der Waals surface area contributed by atoms with E-state index in [-0.39, 0.29) is 0 Å². The molecule has 0 heterocycles. The monoisotopic (exact) mass is 197 g/mol. The fourth-order valence-electron chi connectivity index (χ4n) is 0.874. The van der Waals surface area contributed by atoms with Crippen LogP contribution in [0.4, 0.5) is 0 Å². The van der Waals surface area contributed by atoms with Crippen LogP contribution in [-0.2, 0) is 0 Å². The summed E-state index contributed by atoms with van der Waals surface area (Å²) in [6, 6.07) is 11.9. The zero-order chi connectivity index (χ0) is 11.4. The molecule has 0 aliphatic carbocycles. The highest BCUT2D eigenvalue weighted by Crippen LogP contribution is 2.00. The Morgan fingerprint density at radius 2 is 1.73 bits per heavy atom. The Labute approximate surface area is 91.7 Å². The molecule has 0 unspecified atom stereocenters. The summed E-state index contributed by atoms with van der Waals surface area (Å²) >= 11 is 0. The van der Waals surface area contributed by atoms with Crippen molar-refractivity contribution in [1.82, 2.24) is 0 Å². The van der Waals surface area contributed by atoms with Gasteiger partial charge in [-0.05, 0) is 5.56 Å². The van der Waals surface area contributed by atoms with Crippen molar-refractivity contribution in [2.24, 2.45) is 0 Å². The third-order valence-corrected chi connectivity index (χ3v) is 1.45. The Morgan fingerprint density at radius 3 is 2.27 bits per heavy atom. The highest BCUT2D eigenvalue weighted by Gasteiger charge is 1.78. The van der Waals surface area contributed by atoms with E-state index < -0.39 is 0 Å². The molecule has 1 aromatic carbocycles. The third-order valence-electron chi connectivity index (χ3n) is 1.45. The summed E-state index contributed by atoms with van der Waals surface area (Å²) in [6.07, 6.45) is 9.67. The zero-order valence-electron chi connectivity index (χ0n) is 8.93. The molecule has 0 N–H and O–H groups in total. The van der Waals surface area contributed by atoms with Crippen LogP contribution in [0.5, 0.6) is 0 Å². The fourth-order valence-corrected chi connectivity index (χ4v) is 0.874. The maximum Gasteiger partial charge on any atom is 0.0587 e. The lowest BCUT2D eigenvalue weighted by atomic mass is 10.2. The first-order chi connectivity index (χ1) is 7.35. The topological polar surface area (TPSA) is 23.8 Å². The van der Waals surface area contributed by atoms with Gasteiger partial charge in [0.15, 0.2) is 0 Å². The first kappa shape index (κ1) is 12.9. The number of nitrogens with zero attached hydrogens (tertiary/aromatic N) is 1. The molecule has 1 heteroatoms. The molecule has 0 aromatic heterocycles. The number of benzene rings is 1. The summed E-state index contributed by atoms with van der Waals surface area (Å²) in [5, 5.41) is 7.32. The Hall–Kier alpha value is -2.07. The quantitative estimate of drug-likeness (QED) is 0.672. The van der Waals surface area contributed by atoms with E-state index >= 15 is 0 Å². The Bertz CT molecular complexity index is 353. The van der Waals surface area contributed by atoms with Crippen LogP contribution in [0.1, 0.15) is 12.5 Å². The minimum atomic E-state index is 1.21. The molecule has 15 heavy (non-hydrogen) atoms. The number of hydrogen-bond donors (Lipinski definition) is 0. The van der Waals surface area contributed by atoms with Gasteiger partial charge in [0.1, 0.15) is 0 Å². The number of nitriles is 1. The lowest BCUT2D eigenvalue weighted by molar-refractivity contribution is 1.49. The summed E-state index contributed by atoms with van der Waals surface area (Å²) in [5.74, 6) is 0. The molecule has 1 rings (SSSR count). The molecule has 0 amide bonds. The Balaban J connectivity index is 0.000000583. The number of allylic oxidation sites excluding steroid dienone is 4. The second-order valence-corrected chi connectivity index (χ2v) is 2.61. The molecule has 0 spiro atoms. The van der Waals surface area contributed by atoms with Crippen LogP contribution in [0.2, 0.25) is 0 Å². The maximum absolute atomic E-state index is 7.32. The minimum absolute atomic E-state index is 1.21. The first-order valence-electron chi connectivity index (χ1n) is 4.66. The first-order valence-corrected chi connectivity index (χ1v) is 4.66. The van der Waals surface area contributed by atoms with Gasteiger partial charge in [-0.1, -0.05) is 67.3 Å². The molecule has 0 aliphatic heterocycles. The van der Waals surface area contributed by atoms with Gasteiger partial charge in [-0.25, -0.2) is 0 Å². The molecular weight excluding hydrogens is 182 g/mol. The largest absolute Gasteiger partial charge is 0.199 e. The van der Waals surface area contributed by atoms with Gasteiger partial charge in [0, 0.05) is 6.92 Å². The Kier molecular flexibility index (Phi) is 8.63. The van der Waals surface area contributed by atoms with Crippen LogP contribution >= 0.6 is 0 Å². The molecule has 76 valence electrons. The minimum Gasteiger partial charge on any atom is -0.199 e. The van der Waals surface area contributed by atoms with Crippen LogP contribution in [0.15, 0.2) is 61.2 Å². The van der Waals surface area contributed by atoms with E-state index in [9.17, 15) is 0 Å². The molecule has 0 aliphatic rings. The van der Waals surface area contributed by atoms with Crippen molar-refractivity contribution in [3.05, 3.63) is 66.8 Å². The molecule has 0 radical (unpaired) electrons. The Morgan fingerprint density at radius 1 is 1.13 bits per heavy atom. The maximum atomic E-state index is 7.32. The van der Waals surface area contributed by atoms with Crippen molar-refractivity contribution < 1.29 is 0 Å². The molecular formula is C14H15N. The lowest BCUT2D eigenvalue weighted by Gasteiger charge is -1.87. The average Bonchev–Trinajstić information content (AvgIpc) is 2.27. The van der Waals surface area contributed by atoms with Gasteiger partial charge >= 0.3 is 0 Å². The number of hydrogen-bond acceptors (Lipinski definition) is 1. The smallest absolute Gasteiger partial charge is 0.0587 e. The van der Waals surface area contributed by atoms with Crippen LogP contribution in [0.3, 0.4) is 0 Å². The highest BCUT2D eigenvalue weighted by atomic mass is 14.2. The molecule has 0 fully saturated rings. The SMILES string of the molecule is C=CC=CC=Cc1ccccc1.CC#N. The summed E-state index contributed by atoms with van der Waals surface area (Å²) in [7, 11) is 0. The van der Waals surface area contributed by atoms with E-state index in [0.717, 1.165) is 0 Å². The summed E-state index contributed by atoms with van der Waals surface area (Å²) in [5.41, 5.74) is 1.21. The van der Waals surface area contributed by atoms with Crippen LogP contribution < -0.4 is 0 Å². The predicted octanol–water partition coefficient (Wildman–Crippen LogP) is 3.97. The molecule has 0 saturated carbocycles. The van der Waals surface area contributed by atoms with Crippen LogP contribution in [0.25, 0.3) is 6.08 Å². The van der Waals surface area contributed by atoms with Gasteiger partial charge < -0.3 is 0 Å². The lowest BCUT2D eigenvalue weighted by Crippen LogP contribution is -1.66. The fraction of sp³-hybridized carbons (Fsp3) is 0.0714. The van der Waals surface area contributed by atoms with E-state index in [1.165, 1.54) is 12.5 Å². The van der Waals surface area contributed by atoms with E-state index in [4.69, 9.17) is 5.26 Å². The standard InChI is InChI=1S/C12H12.C2H3N/c1-2-3-4-6-9-12-10-7-5-8-11-12;1-2-3/h2-11H,1H2;1H3. The average molecular weight is 197 g/mol. The van der Waals surface area contributed by atoms with E-state index in [0.29, 0.717) is 0 Å². The second kappa shape index (κ2) is 10.0. The van der Waals surface area contributed by atoms with Gasteiger partial charge in [0.25, 0.3) is 0 Å². The molecule has 1 nitrogen and oxygen atoms in total. The molecule has 1 aromatic rings. The van der Waals surface area contributed by atoms with Gasteiger partial charge in [-0.3, -0.25) is 0 Å². The van der Waals surface area contributed by atoms with E-state index in [1.54, 1.807) is 12.1 Å². The highest BCUT2D eigenvalue weighted by molar-refractivity contribution is 5.50. The summed E-state index contributed by atoms with van der Waals surface area (Å²) in [4.78, 5) is 0. The van der Waals surface area contributed by atoms with Crippen LogP contribution in [-0.4, -0.2) is 0 Å². The van der Waals surface area contributed by atoms with Gasteiger partial charge in [0.2, 0.25) is 0 Å². The van der Waals surface area contributed by atoms with Crippen molar-refractivity contribution >= 4 is 6.08 Å². The zero-order valence-corrected chi connectivity index (χ0v) is 8.93. The van der Waals surface area contributed by atoms with Gasteiger partial charge in [0.05, 0.1) is 6.07 Å². The second-order valence-electron chi connectivity index (χ2n) is 2.61. The van der Waals surface area contributed by atoms with Gasteiger partial charge in [-0.2, -0.15) is 5.26 Å². The summed E-state index contributed by atoms with van der Waals surface area (Å²) in [6.45, 7) is 5.02. The predicted molar refractivity (Wildman–Crippen MR) is 66.1 cm³/mol. The van der Waals surface area contributed by atoms with Crippen molar-refractivity contribution in [3.63, 3.8) is 0 Å². The molecule has 0 bridgehead atoms.